The van der Waals surface area contributed by atoms with Crippen LogP contribution >= 0.6 is 0 Å². The maximum absolute atomic E-state index is 12.2. The van der Waals surface area contributed by atoms with Crippen molar-refractivity contribution in [1.29, 1.82) is 5.26 Å². The van der Waals surface area contributed by atoms with Gasteiger partial charge in [-0.05, 0) is 11.6 Å². The second kappa shape index (κ2) is 3.84. The molecule has 0 aliphatic rings. The van der Waals surface area contributed by atoms with Crippen LogP contribution in [-0.4, -0.2) is 6.67 Å². The van der Waals surface area contributed by atoms with Crippen molar-refractivity contribution < 1.29 is 4.39 Å². The lowest BCUT2D eigenvalue weighted by atomic mass is 10.0. The molecule has 2 nitrogen and oxygen atoms in total. The van der Waals surface area contributed by atoms with Gasteiger partial charge in [0.25, 0.3) is 0 Å². The van der Waals surface area contributed by atoms with Crippen molar-refractivity contribution in [3.8, 4) is 6.07 Å². The number of nitriles is 1. The maximum atomic E-state index is 12.2. The molecule has 1 aromatic rings. The summed E-state index contributed by atoms with van der Waals surface area (Å²) in [4.78, 5) is 0. The number of hydrogen-bond acceptors (Lipinski definition) is 2. The highest BCUT2D eigenvalue weighted by Gasteiger charge is 2.08. The topological polar surface area (TPSA) is 49.8 Å². The fourth-order valence-electron chi connectivity index (χ4n) is 1.01. The SMILES string of the molecule is N#Cc1ccccc1C(N)CF. The maximum Gasteiger partial charge on any atom is 0.109 e. The van der Waals surface area contributed by atoms with E-state index in [0.29, 0.717) is 11.1 Å². The fourth-order valence-corrected chi connectivity index (χ4v) is 1.01. The Balaban J connectivity index is 3.07. The monoisotopic (exact) mass is 164 g/mol. The largest absolute Gasteiger partial charge is 0.322 e. The molecule has 0 saturated carbocycles. The van der Waals surface area contributed by atoms with Gasteiger partial charge in [0.1, 0.15) is 6.67 Å². The Morgan fingerprint density at radius 3 is 2.75 bits per heavy atom. The third-order valence-electron chi connectivity index (χ3n) is 1.65. The number of nitrogens with zero attached hydrogens (tertiary/aromatic N) is 1. The molecule has 0 heterocycles. The van der Waals surface area contributed by atoms with Gasteiger partial charge in [0.2, 0.25) is 0 Å². The van der Waals surface area contributed by atoms with E-state index in [1.165, 1.54) is 0 Å². The Hall–Kier alpha value is -1.40. The van der Waals surface area contributed by atoms with Crippen molar-refractivity contribution in [2.24, 2.45) is 5.73 Å². The van der Waals surface area contributed by atoms with Gasteiger partial charge in [-0.3, -0.25) is 0 Å². The Labute approximate surface area is 70.4 Å². The zero-order chi connectivity index (χ0) is 8.97. The molecule has 0 aromatic heterocycles. The molecule has 0 fully saturated rings. The van der Waals surface area contributed by atoms with E-state index < -0.39 is 12.7 Å². The first-order chi connectivity index (χ1) is 5.79. The second-order valence-electron chi connectivity index (χ2n) is 2.46. The standard InChI is InChI=1S/C9H9FN2/c10-5-9(12)8-4-2-1-3-7(8)6-11/h1-4,9H,5,12H2. The van der Waals surface area contributed by atoms with Gasteiger partial charge in [-0.15, -0.1) is 0 Å². The lowest BCUT2D eigenvalue weighted by Gasteiger charge is -2.07. The summed E-state index contributed by atoms with van der Waals surface area (Å²) in [6, 6.07) is 8.05. The summed E-state index contributed by atoms with van der Waals surface area (Å²) in [6.07, 6.45) is 0. The van der Waals surface area contributed by atoms with Crippen LogP contribution in [0.15, 0.2) is 24.3 Å². The van der Waals surface area contributed by atoms with Crippen LogP contribution in [0.25, 0.3) is 0 Å². The van der Waals surface area contributed by atoms with E-state index in [1.54, 1.807) is 24.3 Å². The highest BCUT2D eigenvalue weighted by atomic mass is 19.1. The normalized spacial score (nSPS) is 12.1. The van der Waals surface area contributed by atoms with Crippen molar-refractivity contribution in [2.75, 3.05) is 6.67 Å². The highest BCUT2D eigenvalue weighted by molar-refractivity contribution is 5.39. The van der Waals surface area contributed by atoms with Crippen LogP contribution < -0.4 is 5.73 Å². The first-order valence-corrected chi connectivity index (χ1v) is 3.60. The molecule has 12 heavy (non-hydrogen) atoms. The van der Waals surface area contributed by atoms with Gasteiger partial charge in [-0.25, -0.2) is 4.39 Å². The van der Waals surface area contributed by atoms with Gasteiger partial charge in [0, 0.05) is 0 Å². The average molecular weight is 164 g/mol. The predicted molar refractivity (Wildman–Crippen MR) is 44.1 cm³/mol. The van der Waals surface area contributed by atoms with Crippen LogP contribution in [0.2, 0.25) is 0 Å². The number of nitrogens with two attached hydrogens (primary N) is 1. The Morgan fingerprint density at radius 1 is 1.50 bits per heavy atom. The number of halogens is 1. The molecule has 0 aliphatic carbocycles. The summed E-state index contributed by atoms with van der Waals surface area (Å²) < 4.78 is 12.2. The van der Waals surface area contributed by atoms with Gasteiger partial charge >= 0.3 is 0 Å². The summed E-state index contributed by atoms with van der Waals surface area (Å²) >= 11 is 0. The summed E-state index contributed by atoms with van der Waals surface area (Å²) in [5.41, 5.74) is 6.46. The predicted octanol–water partition coefficient (Wildman–Crippen LogP) is 1.53. The summed E-state index contributed by atoms with van der Waals surface area (Å²) in [5, 5.41) is 8.63. The summed E-state index contributed by atoms with van der Waals surface area (Å²) in [6.45, 7) is -0.640. The highest BCUT2D eigenvalue weighted by Crippen LogP contribution is 2.15. The molecular weight excluding hydrogens is 155 g/mol. The van der Waals surface area contributed by atoms with Gasteiger partial charge < -0.3 is 5.73 Å². The molecule has 0 saturated heterocycles. The molecule has 2 N–H and O–H groups in total. The number of hydrogen-bond donors (Lipinski definition) is 1. The van der Waals surface area contributed by atoms with E-state index in [2.05, 4.69) is 0 Å². The third-order valence-corrected chi connectivity index (χ3v) is 1.65. The van der Waals surface area contributed by atoms with Crippen molar-refractivity contribution in [2.45, 2.75) is 6.04 Å². The lowest BCUT2D eigenvalue weighted by molar-refractivity contribution is 0.437. The minimum Gasteiger partial charge on any atom is -0.322 e. The van der Waals surface area contributed by atoms with Crippen molar-refractivity contribution >= 4 is 0 Å². The Bertz CT molecular complexity index is 304. The molecule has 1 unspecified atom stereocenters. The molecule has 1 rings (SSSR count). The van der Waals surface area contributed by atoms with Crippen LogP contribution in [0.1, 0.15) is 17.2 Å². The van der Waals surface area contributed by atoms with Crippen molar-refractivity contribution in [1.82, 2.24) is 0 Å². The number of alkyl halides is 1. The summed E-state index contributed by atoms with van der Waals surface area (Å²) in [7, 11) is 0. The van der Waals surface area contributed by atoms with Gasteiger partial charge in [-0.2, -0.15) is 5.26 Å². The minimum atomic E-state index is -0.680. The first-order valence-electron chi connectivity index (χ1n) is 3.60. The van der Waals surface area contributed by atoms with Crippen molar-refractivity contribution in [3.05, 3.63) is 35.4 Å². The third kappa shape index (κ3) is 1.60. The zero-order valence-electron chi connectivity index (χ0n) is 6.50. The quantitative estimate of drug-likeness (QED) is 0.720. The van der Waals surface area contributed by atoms with Crippen LogP contribution in [0, 0.1) is 11.3 Å². The van der Waals surface area contributed by atoms with Crippen LogP contribution in [0.4, 0.5) is 4.39 Å². The number of benzene rings is 1. The molecule has 1 atom stereocenters. The molecule has 3 heteroatoms. The second-order valence-corrected chi connectivity index (χ2v) is 2.46. The molecule has 0 radical (unpaired) electrons. The van der Waals surface area contributed by atoms with E-state index in [4.69, 9.17) is 11.0 Å². The van der Waals surface area contributed by atoms with Gasteiger partial charge in [-0.1, -0.05) is 18.2 Å². The molecule has 0 aliphatic heterocycles. The molecule has 62 valence electrons. The van der Waals surface area contributed by atoms with Gasteiger partial charge in [0.15, 0.2) is 0 Å². The smallest absolute Gasteiger partial charge is 0.109 e. The summed E-state index contributed by atoms with van der Waals surface area (Å²) in [5.74, 6) is 0. The molecular formula is C9H9FN2. The van der Waals surface area contributed by atoms with Gasteiger partial charge in [0.05, 0.1) is 17.7 Å². The van der Waals surface area contributed by atoms with E-state index in [1.807, 2.05) is 6.07 Å². The first kappa shape index (κ1) is 8.69. The van der Waals surface area contributed by atoms with E-state index in [0.717, 1.165) is 0 Å². The van der Waals surface area contributed by atoms with Crippen LogP contribution in [0.3, 0.4) is 0 Å². The van der Waals surface area contributed by atoms with Crippen molar-refractivity contribution in [3.63, 3.8) is 0 Å². The van der Waals surface area contributed by atoms with Crippen LogP contribution in [0.5, 0.6) is 0 Å². The molecule has 0 spiro atoms. The van der Waals surface area contributed by atoms with E-state index in [9.17, 15) is 4.39 Å². The lowest BCUT2D eigenvalue weighted by Crippen LogP contribution is -2.13. The van der Waals surface area contributed by atoms with E-state index >= 15 is 0 Å². The zero-order valence-corrected chi connectivity index (χ0v) is 6.50. The fraction of sp³-hybridized carbons (Fsp3) is 0.222. The number of rotatable bonds is 2. The van der Waals surface area contributed by atoms with Crippen LogP contribution in [-0.2, 0) is 0 Å². The molecule has 0 amide bonds. The Kier molecular flexibility index (Phi) is 2.78. The molecule has 1 aromatic carbocycles. The van der Waals surface area contributed by atoms with E-state index in [-0.39, 0.29) is 0 Å². The Morgan fingerprint density at radius 2 is 2.17 bits per heavy atom. The molecule has 0 bridgehead atoms. The average Bonchev–Trinajstić information content (AvgIpc) is 2.16. The minimum absolute atomic E-state index is 0.447.